The van der Waals surface area contributed by atoms with E-state index < -0.39 is 0 Å². The second-order valence-electron chi connectivity index (χ2n) is 6.33. The molecule has 2 rings (SSSR count). The van der Waals surface area contributed by atoms with Gasteiger partial charge < -0.3 is 19.6 Å². The number of carbonyl (C=O) groups excluding carboxylic acids is 1. The fourth-order valence-electron chi connectivity index (χ4n) is 2.06. The van der Waals surface area contributed by atoms with Gasteiger partial charge in [0, 0.05) is 13.2 Å². The lowest BCUT2D eigenvalue weighted by molar-refractivity contribution is 0.0896. The number of carbonyl (C=O) groups is 1. The monoisotopic (exact) mass is 335 g/mol. The van der Waals surface area contributed by atoms with Crippen molar-refractivity contribution >= 4 is 5.91 Å². The molecule has 0 saturated heterocycles. The molecule has 0 bridgehead atoms. The van der Waals surface area contributed by atoms with Crippen LogP contribution in [0.3, 0.4) is 0 Å². The molecule has 0 atom stereocenters. The van der Waals surface area contributed by atoms with Crippen LogP contribution in [0, 0.1) is 11.2 Å². The van der Waals surface area contributed by atoms with Crippen molar-refractivity contribution < 1.29 is 23.4 Å². The van der Waals surface area contributed by atoms with E-state index in [1.165, 1.54) is 24.3 Å². The number of halogens is 1. The molecule has 5 nitrogen and oxygen atoms in total. The molecule has 0 aliphatic rings. The first-order valence-corrected chi connectivity index (χ1v) is 7.76. The number of benzene rings is 1. The molecule has 1 aromatic carbocycles. The van der Waals surface area contributed by atoms with E-state index in [-0.39, 0.29) is 36.1 Å². The van der Waals surface area contributed by atoms with Crippen molar-refractivity contribution in [1.82, 2.24) is 5.32 Å². The van der Waals surface area contributed by atoms with E-state index in [1.54, 1.807) is 12.1 Å². The lowest BCUT2D eigenvalue weighted by Gasteiger charge is -2.23. The predicted molar refractivity (Wildman–Crippen MR) is 87.3 cm³/mol. The zero-order valence-electron chi connectivity index (χ0n) is 13.8. The van der Waals surface area contributed by atoms with E-state index in [1.807, 2.05) is 13.8 Å². The number of aliphatic hydroxyl groups is 1. The van der Waals surface area contributed by atoms with E-state index in [4.69, 9.17) is 14.3 Å². The maximum absolute atomic E-state index is 12.8. The Hall–Kier alpha value is -2.34. The number of nitrogens with one attached hydrogen (secondary N) is 1. The Labute approximate surface area is 140 Å². The third-order valence-corrected chi connectivity index (χ3v) is 3.60. The average Bonchev–Trinajstić information content (AvgIpc) is 3.01. The molecule has 0 spiro atoms. The summed E-state index contributed by atoms with van der Waals surface area (Å²) >= 11 is 0. The van der Waals surface area contributed by atoms with E-state index in [0.717, 1.165) is 0 Å². The van der Waals surface area contributed by atoms with Crippen molar-refractivity contribution in [3.63, 3.8) is 0 Å². The van der Waals surface area contributed by atoms with Gasteiger partial charge in [-0.3, -0.25) is 4.79 Å². The van der Waals surface area contributed by atoms with Crippen LogP contribution in [0.2, 0.25) is 0 Å². The summed E-state index contributed by atoms with van der Waals surface area (Å²) in [6, 6.07) is 8.91. The second-order valence-corrected chi connectivity index (χ2v) is 6.33. The van der Waals surface area contributed by atoms with Crippen LogP contribution < -0.4 is 10.1 Å². The topological polar surface area (TPSA) is 71.7 Å². The third kappa shape index (κ3) is 5.38. The van der Waals surface area contributed by atoms with E-state index in [2.05, 4.69) is 5.32 Å². The van der Waals surface area contributed by atoms with Crippen LogP contribution in [0.5, 0.6) is 5.75 Å². The van der Waals surface area contributed by atoms with Crippen molar-refractivity contribution in [3.05, 3.63) is 53.7 Å². The van der Waals surface area contributed by atoms with Crippen LogP contribution in [-0.2, 0) is 6.61 Å². The van der Waals surface area contributed by atoms with Crippen molar-refractivity contribution in [2.45, 2.75) is 26.9 Å². The number of ether oxygens (including phenoxy) is 1. The van der Waals surface area contributed by atoms with Crippen LogP contribution in [0.1, 0.15) is 36.6 Å². The van der Waals surface area contributed by atoms with E-state index in [9.17, 15) is 9.18 Å². The summed E-state index contributed by atoms with van der Waals surface area (Å²) in [5.41, 5.74) is -0.189. The molecule has 2 aromatic rings. The van der Waals surface area contributed by atoms with Crippen molar-refractivity contribution in [2.24, 2.45) is 5.41 Å². The Morgan fingerprint density at radius 1 is 1.25 bits per heavy atom. The molecule has 0 radical (unpaired) electrons. The minimum atomic E-state index is -0.330. The predicted octanol–water partition coefficient (Wildman–Crippen LogP) is 3.14. The zero-order chi connectivity index (χ0) is 17.6. The van der Waals surface area contributed by atoms with Crippen molar-refractivity contribution in [3.8, 4) is 5.75 Å². The van der Waals surface area contributed by atoms with Crippen LogP contribution in [0.25, 0.3) is 0 Å². The summed E-state index contributed by atoms with van der Waals surface area (Å²) in [5.74, 6) is 0.577. The lowest BCUT2D eigenvalue weighted by Crippen LogP contribution is -2.34. The van der Waals surface area contributed by atoms with Crippen LogP contribution >= 0.6 is 0 Å². The molecular formula is C18H22FNO4. The molecule has 130 valence electrons. The molecule has 1 amide bonds. The summed E-state index contributed by atoms with van der Waals surface area (Å²) in [7, 11) is 0. The fourth-order valence-corrected chi connectivity index (χ4v) is 2.06. The normalized spacial score (nSPS) is 11.3. The molecule has 0 aliphatic heterocycles. The van der Waals surface area contributed by atoms with Gasteiger partial charge >= 0.3 is 0 Å². The SMILES string of the molecule is CC(C)(CCO)CNC(=O)c1ccc(COc2ccc(F)cc2)o1. The number of hydrogen-bond acceptors (Lipinski definition) is 4. The molecule has 0 saturated carbocycles. The van der Waals surface area contributed by atoms with Gasteiger partial charge in [-0.2, -0.15) is 0 Å². The smallest absolute Gasteiger partial charge is 0.287 e. The number of aliphatic hydroxyl groups excluding tert-OH is 1. The summed E-state index contributed by atoms with van der Waals surface area (Å²) in [4.78, 5) is 12.1. The highest BCUT2D eigenvalue weighted by atomic mass is 19.1. The molecule has 0 unspecified atom stereocenters. The molecule has 1 aromatic heterocycles. The Bertz CT molecular complexity index is 664. The van der Waals surface area contributed by atoms with E-state index in [0.29, 0.717) is 24.5 Å². The van der Waals surface area contributed by atoms with Gasteiger partial charge in [-0.1, -0.05) is 13.8 Å². The molecule has 2 N–H and O–H groups in total. The molecule has 1 heterocycles. The Kier molecular flexibility index (Phi) is 5.98. The van der Waals surface area contributed by atoms with E-state index >= 15 is 0 Å². The maximum atomic E-state index is 12.8. The first-order chi connectivity index (χ1) is 11.4. The average molecular weight is 335 g/mol. The van der Waals surface area contributed by atoms with Gasteiger partial charge in [-0.05, 0) is 48.2 Å². The van der Waals surface area contributed by atoms with Crippen molar-refractivity contribution in [1.29, 1.82) is 0 Å². The highest BCUT2D eigenvalue weighted by molar-refractivity contribution is 5.91. The zero-order valence-corrected chi connectivity index (χ0v) is 13.8. The van der Waals surface area contributed by atoms with Crippen LogP contribution in [0.15, 0.2) is 40.8 Å². The molecule has 6 heteroatoms. The molecular weight excluding hydrogens is 313 g/mol. The summed E-state index contributed by atoms with van der Waals surface area (Å²) in [5, 5.41) is 11.8. The lowest BCUT2D eigenvalue weighted by atomic mass is 9.90. The van der Waals surface area contributed by atoms with Crippen LogP contribution in [0.4, 0.5) is 4.39 Å². The highest BCUT2D eigenvalue weighted by Gasteiger charge is 2.20. The standard InChI is InChI=1S/C18H22FNO4/c1-18(2,9-10-21)12-20-17(22)16-8-7-15(24-16)11-23-14-5-3-13(19)4-6-14/h3-8,21H,9-12H2,1-2H3,(H,20,22). The third-order valence-electron chi connectivity index (χ3n) is 3.60. The van der Waals surface area contributed by atoms with Gasteiger partial charge in [0.2, 0.25) is 0 Å². The Morgan fingerprint density at radius 2 is 1.96 bits per heavy atom. The highest BCUT2D eigenvalue weighted by Crippen LogP contribution is 2.19. The quantitative estimate of drug-likeness (QED) is 0.777. The minimum Gasteiger partial charge on any atom is -0.486 e. The summed E-state index contributed by atoms with van der Waals surface area (Å²) < 4.78 is 23.7. The van der Waals surface area contributed by atoms with Gasteiger partial charge in [-0.15, -0.1) is 0 Å². The number of rotatable bonds is 8. The number of amides is 1. The summed E-state index contributed by atoms with van der Waals surface area (Å²) in [6.07, 6.45) is 0.599. The van der Waals surface area contributed by atoms with Gasteiger partial charge in [0.25, 0.3) is 5.91 Å². The number of furan rings is 1. The Balaban J connectivity index is 1.85. The van der Waals surface area contributed by atoms with Gasteiger partial charge in [0.05, 0.1) is 0 Å². The fraction of sp³-hybridized carbons (Fsp3) is 0.389. The van der Waals surface area contributed by atoms with Gasteiger partial charge in [0.15, 0.2) is 5.76 Å². The molecule has 0 aliphatic carbocycles. The first-order valence-electron chi connectivity index (χ1n) is 7.76. The van der Waals surface area contributed by atoms with Gasteiger partial charge in [0.1, 0.15) is 23.9 Å². The molecule has 24 heavy (non-hydrogen) atoms. The van der Waals surface area contributed by atoms with Gasteiger partial charge in [-0.25, -0.2) is 4.39 Å². The summed E-state index contributed by atoms with van der Waals surface area (Å²) in [6.45, 7) is 4.60. The minimum absolute atomic E-state index is 0.0779. The largest absolute Gasteiger partial charge is 0.486 e. The number of hydrogen-bond donors (Lipinski definition) is 2. The Morgan fingerprint density at radius 3 is 2.62 bits per heavy atom. The van der Waals surface area contributed by atoms with Crippen molar-refractivity contribution in [2.75, 3.05) is 13.2 Å². The molecule has 0 fully saturated rings. The van der Waals surface area contributed by atoms with Crippen LogP contribution in [-0.4, -0.2) is 24.2 Å². The first kappa shape index (κ1) is 18.0. The second kappa shape index (κ2) is 7.97. The maximum Gasteiger partial charge on any atom is 0.287 e.